The van der Waals surface area contributed by atoms with E-state index in [1.165, 1.54) is 17.8 Å². The number of aromatic nitrogens is 4. The molecule has 1 aliphatic heterocycles. The molecule has 38 heavy (non-hydrogen) atoms. The number of fused-ring (bicyclic) bond motifs is 1. The molecule has 3 heterocycles. The Morgan fingerprint density at radius 3 is 2.76 bits per heavy atom. The molecule has 0 saturated carbocycles. The first-order chi connectivity index (χ1) is 18.0. The van der Waals surface area contributed by atoms with Crippen LogP contribution in [0.1, 0.15) is 33.4 Å². The van der Waals surface area contributed by atoms with Gasteiger partial charge in [-0.1, -0.05) is 18.2 Å². The van der Waals surface area contributed by atoms with Crippen LogP contribution in [0.3, 0.4) is 0 Å². The molecule has 3 aromatic rings. The number of aliphatic hydroxyl groups excluding tert-OH is 1. The van der Waals surface area contributed by atoms with E-state index in [2.05, 4.69) is 20.0 Å². The number of nitrogen functional groups attached to an aromatic ring is 1. The number of rotatable bonds is 11. The molecule has 0 aliphatic carbocycles. The molecule has 15 heteroatoms. The Labute approximate surface area is 218 Å². The van der Waals surface area contributed by atoms with Crippen molar-refractivity contribution in [1.82, 2.24) is 24.6 Å². The van der Waals surface area contributed by atoms with Gasteiger partial charge >= 0.3 is 19.6 Å². The molecule has 2 aromatic heterocycles. The number of hydrogen-bond donors (Lipinski definition) is 3. The molecule has 2 unspecified atom stereocenters. The third kappa shape index (κ3) is 6.63. The molecule has 5 atom stereocenters. The molecule has 1 fully saturated rings. The second-order valence-corrected chi connectivity index (χ2v) is 11.1. The third-order valence-corrected chi connectivity index (χ3v) is 7.33. The van der Waals surface area contributed by atoms with Crippen molar-refractivity contribution in [2.75, 3.05) is 18.7 Å². The highest BCUT2D eigenvalue weighted by atomic mass is 31.2. The van der Waals surface area contributed by atoms with E-state index >= 15 is 0 Å². The highest BCUT2D eigenvalue weighted by molar-refractivity contribution is 7.57. The SMILES string of the molecule is CC(C)OC(=O)C(C)NP(=O)(COC[C@@H]1C[C@H](O)[C@H](n2cnc3c(N)nc(F)nc32)O1)Oc1ccccc1. The molecule has 1 aromatic carbocycles. The van der Waals surface area contributed by atoms with E-state index in [-0.39, 0.29) is 36.1 Å². The van der Waals surface area contributed by atoms with Crippen LogP contribution in [-0.4, -0.2) is 67.9 Å². The summed E-state index contributed by atoms with van der Waals surface area (Å²) in [6.07, 6.45) is -2.80. The summed E-state index contributed by atoms with van der Waals surface area (Å²) in [6.45, 7) is 4.88. The topological polar surface area (TPSA) is 173 Å². The Bertz CT molecular complexity index is 1310. The Hall–Kier alpha value is -3.16. The van der Waals surface area contributed by atoms with Crippen LogP contribution < -0.4 is 15.3 Å². The fourth-order valence-electron chi connectivity index (χ4n) is 3.91. The van der Waals surface area contributed by atoms with Gasteiger partial charge in [0.1, 0.15) is 24.2 Å². The lowest BCUT2D eigenvalue weighted by molar-refractivity contribution is -0.149. The van der Waals surface area contributed by atoms with Crippen molar-refractivity contribution in [2.24, 2.45) is 0 Å². The quantitative estimate of drug-likeness (QED) is 0.180. The lowest BCUT2D eigenvalue weighted by Gasteiger charge is -2.24. The van der Waals surface area contributed by atoms with Gasteiger partial charge in [-0.25, -0.2) is 10.1 Å². The highest BCUT2D eigenvalue weighted by Gasteiger charge is 2.38. The van der Waals surface area contributed by atoms with E-state index in [1.54, 1.807) is 44.2 Å². The van der Waals surface area contributed by atoms with Crippen molar-refractivity contribution >= 4 is 30.5 Å². The first kappa shape index (κ1) is 27.9. The van der Waals surface area contributed by atoms with Crippen molar-refractivity contribution in [3.8, 4) is 5.75 Å². The van der Waals surface area contributed by atoms with E-state index in [1.807, 2.05) is 0 Å². The fourth-order valence-corrected chi connectivity index (χ4v) is 5.60. The number of benzene rings is 1. The number of halogens is 1. The van der Waals surface area contributed by atoms with E-state index < -0.39 is 50.4 Å². The zero-order valence-corrected chi connectivity index (χ0v) is 22.0. The van der Waals surface area contributed by atoms with Gasteiger partial charge < -0.3 is 29.6 Å². The molecule has 1 saturated heterocycles. The second-order valence-electron chi connectivity index (χ2n) is 9.07. The van der Waals surface area contributed by atoms with Crippen molar-refractivity contribution < 1.29 is 37.6 Å². The molecule has 4 rings (SSSR count). The van der Waals surface area contributed by atoms with Crippen LogP contribution in [0, 0.1) is 6.08 Å². The average molecular weight is 553 g/mol. The summed E-state index contributed by atoms with van der Waals surface area (Å²) < 4.78 is 51.2. The Morgan fingerprint density at radius 2 is 2.05 bits per heavy atom. The smallest absolute Gasteiger partial charge is 0.342 e. The summed E-state index contributed by atoms with van der Waals surface area (Å²) in [4.78, 5) is 23.5. The van der Waals surface area contributed by atoms with E-state index in [9.17, 15) is 18.9 Å². The molecule has 0 amide bonds. The van der Waals surface area contributed by atoms with Crippen molar-refractivity contribution in [3.63, 3.8) is 0 Å². The van der Waals surface area contributed by atoms with Crippen LogP contribution in [0.4, 0.5) is 10.2 Å². The minimum Gasteiger partial charge on any atom is -0.462 e. The normalized spacial score (nSPS) is 21.9. The van der Waals surface area contributed by atoms with Crippen molar-refractivity contribution in [2.45, 2.75) is 57.8 Å². The summed E-state index contributed by atoms with van der Waals surface area (Å²) in [5, 5.41) is 13.3. The molecule has 0 spiro atoms. The number of carbonyl (C=O) groups excluding carboxylic acids is 1. The minimum absolute atomic E-state index is 0.0552. The molecule has 1 aliphatic rings. The summed E-state index contributed by atoms with van der Waals surface area (Å²) >= 11 is 0. The molecule has 4 N–H and O–H groups in total. The number of nitrogens with zero attached hydrogens (tertiary/aromatic N) is 4. The van der Waals surface area contributed by atoms with Crippen LogP contribution in [0.5, 0.6) is 5.75 Å². The predicted molar refractivity (Wildman–Crippen MR) is 134 cm³/mol. The zero-order valence-electron chi connectivity index (χ0n) is 21.1. The molecular formula is C23H30FN6O7P. The standard InChI is InChI=1S/C23H30FN6O7P/c1-13(2)35-22(32)14(3)29-38(33,37-15-7-5-4-6-8-15)12-34-10-16-9-17(31)21(36-16)30-11-26-18-19(25)27-23(24)28-20(18)30/h4-8,11,13-14,16-17,21,31H,9-10,12H2,1-3H3,(H,29,33)(H2,25,27,28)/t14?,16-,17-,21+,38?/m0/s1. The maximum Gasteiger partial charge on any atom is 0.342 e. The predicted octanol–water partition coefficient (Wildman–Crippen LogP) is 2.37. The Kier molecular flexibility index (Phi) is 8.58. The number of nitrogens with one attached hydrogen (secondary N) is 1. The number of esters is 1. The number of ether oxygens (including phenoxy) is 3. The monoisotopic (exact) mass is 552 g/mol. The lowest BCUT2D eigenvalue weighted by atomic mass is 10.2. The van der Waals surface area contributed by atoms with Gasteiger partial charge in [0.15, 0.2) is 23.2 Å². The van der Waals surface area contributed by atoms with Crippen LogP contribution in [0.2, 0.25) is 0 Å². The van der Waals surface area contributed by atoms with Crippen molar-refractivity contribution in [1.29, 1.82) is 0 Å². The number of aliphatic hydroxyl groups is 1. The van der Waals surface area contributed by atoms with Gasteiger partial charge in [-0.3, -0.25) is 13.9 Å². The summed E-state index contributed by atoms with van der Waals surface area (Å²) in [5.41, 5.74) is 5.96. The second kappa shape index (κ2) is 11.7. The van der Waals surface area contributed by atoms with E-state index in [4.69, 9.17) is 24.5 Å². The molecule has 0 bridgehead atoms. The molecule has 13 nitrogen and oxygen atoms in total. The van der Waals surface area contributed by atoms with Gasteiger partial charge in [-0.15, -0.1) is 0 Å². The Balaban J connectivity index is 1.41. The van der Waals surface area contributed by atoms with Crippen molar-refractivity contribution in [3.05, 3.63) is 42.7 Å². The summed E-state index contributed by atoms with van der Waals surface area (Å²) in [6, 6.07) is 7.53. The minimum atomic E-state index is -3.75. The number of nitrogens with two attached hydrogens (primary N) is 1. The van der Waals surface area contributed by atoms with Gasteiger partial charge in [-0.2, -0.15) is 14.4 Å². The largest absolute Gasteiger partial charge is 0.462 e. The fraction of sp³-hybridized carbons (Fsp3) is 0.478. The van der Waals surface area contributed by atoms with Gasteiger partial charge in [-0.05, 0) is 32.9 Å². The third-order valence-electron chi connectivity index (χ3n) is 5.52. The number of hydrogen-bond acceptors (Lipinski definition) is 11. The van der Waals surface area contributed by atoms with Gasteiger partial charge in [0.25, 0.3) is 0 Å². The number of imidazole rings is 1. The van der Waals surface area contributed by atoms with Gasteiger partial charge in [0, 0.05) is 6.42 Å². The number of carbonyl (C=O) groups is 1. The van der Waals surface area contributed by atoms with Crippen LogP contribution in [-0.2, 0) is 23.6 Å². The molecule has 0 radical (unpaired) electrons. The molecular weight excluding hydrogens is 522 g/mol. The maximum atomic E-state index is 13.7. The Morgan fingerprint density at radius 1 is 1.32 bits per heavy atom. The van der Waals surface area contributed by atoms with Gasteiger partial charge in [0.2, 0.25) is 0 Å². The van der Waals surface area contributed by atoms with Crippen LogP contribution in [0.25, 0.3) is 11.2 Å². The van der Waals surface area contributed by atoms with Crippen LogP contribution >= 0.6 is 7.52 Å². The van der Waals surface area contributed by atoms with E-state index in [0.29, 0.717) is 5.75 Å². The zero-order chi connectivity index (χ0) is 27.4. The first-order valence-electron chi connectivity index (χ1n) is 11.9. The lowest BCUT2D eigenvalue weighted by Crippen LogP contribution is -2.36. The number of para-hydroxylation sites is 1. The van der Waals surface area contributed by atoms with E-state index in [0.717, 1.165) is 0 Å². The molecule has 206 valence electrons. The number of anilines is 1. The highest BCUT2D eigenvalue weighted by Crippen LogP contribution is 2.44. The van der Waals surface area contributed by atoms with Gasteiger partial charge in [0.05, 0.1) is 25.1 Å². The van der Waals surface area contributed by atoms with Crippen LogP contribution in [0.15, 0.2) is 36.7 Å². The maximum absolute atomic E-state index is 13.7. The first-order valence-corrected chi connectivity index (χ1v) is 13.7. The summed E-state index contributed by atoms with van der Waals surface area (Å²) in [5.74, 6) is -0.397. The average Bonchev–Trinajstić information content (AvgIpc) is 3.42. The summed E-state index contributed by atoms with van der Waals surface area (Å²) in [7, 11) is -3.75.